The monoisotopic (exact) mass is 338 g/mol. The van der Waals surface area contributed by atoms with Gasteiger partial charge in [0, 0.05) is 45.9 Å². The quantitative estimate of drug-likeness (QED) is 0.444. The first-order valence-corrected chi connectivity index (χ1v) is 9.73. The Bertz CT molecular complexity index is 377. The van der Waals surface area contributed by atoms with Crippen LogP contribution < -0.4 is 10.6 Å². The van der Waals surface area contributed by atoms with Gasteiger partial charge >= 0.3 is 0 Å². The number of piperidine rings is 1. The molecule has 0 bridgehead atoms. The molecule has 24 heavy (non-hydrogen) atoms. The van der Waals surface area contributed by atoms with Crippen molar-refractivity contribution >= 4 is 5.96 Å². The van der Waals surface area contributed by atoms with Crippen molar-refractivity contribution in [2.75, 3.05) is 46.4 Å². The molecule has 5 nitrogen and oxygen atoms in total. The summed E-state index contributed by atoms with van der Waals surface area (Å²) in [5.41, 5.74) is 0.413. The van der Waals surface area contributed by atoms with E-state index in [1.54, 1.807) is 0 Å². The number of likely N-dealkylation sites (tertiary alicyclic amines) is 1. The van der Waals surface area contributed by atoms with Gasteiger partial charge in [-0.2, -0.15) is 0 Å². The normalized spacial score (nSPS) is 24.3. The van der Waals surface area contributed by atoms with Crippen molar-refractivity contribution in [1.82, 2.24) is 15.5 Å². The van der Waals surface area contributed by atoms with Crippen molar-refractivity contribution in [3.8, 4) is 0 Å². The van der Waals surface area contributed by atoms with E-state index < -0.39 is 0 Å². The lowest BCUT2D eigenvalue weighted by molar-refractivity contribution is 0.150. The molecule has 140 valence electrons. The van der Waals surface area contributed by atoms with Crippen molar-refractivity contribution in [2.24, 2.45) is 16.3 Å². The highest BCUT2D eigenvalue weighted by atomic mass is 16.5. The number of nitrogens with one attached hydrogen (secondary N) is 2. The number of hydrogen-bond acceptors (Lipinski definition) is 3. The number of guanidine groups is 1. The van der Waals surface area contributed by atoms with E-state index in [9.17, 15) is 0 Å². The lowest BCUT2D eigenvalue weighted by Crippen LogP contribution is -2.49. The summed E-state index contributed by atoms with van der Waals surface area (Å²) in [6.07, 6.45) is 6.07. The fourth-order valence-corrected chi connectivity index (χ4v) is 3.57. The maximum absolute atomic E-state index is 5.49. The molecule has 1 atom stereocenters. The van der Waals surface area contributed by atoms with E-state index in [-0.39, 0.29) is 0 Å². The number of hydrogen-bond donors (Lipinski definition) is 2. The average molecular weight is 339 g/mol. The fraction of sp³-hybridized carbons (Fsp3) is 0.947. The van der Waals surface area contributed by atoms with E-state index >= 15 is 0 Å². The van der Waals surface area contributed by atoms with Gasteiger partial charge in [-0.15, -0.1) is 0 Å². The standard InChI is InChI=1S/C19H38N4O/c1-19(2,3)9-5-10-21-18(20-4)22-17-6-11-23(12-7-17)14-16-8-13-24-15-16/h16-17H,5-15H2,1-4H3,(H2,20,21,22). The topological polar surface area (TPSA) is 48.9 Å². The van der Waals surface area contributed by atoms with Crippen LogP contribution in [0.3, 0.4) is 0 Å². The van der Waals surface area contributed by atoms with Gasteiger partial charge in [-0.1, -0.05) is 20.8 Å². The zero-order valence-corrected chi connectivity index (χ0v) is 16.2. The molecule has 0 aromatic heterocycles. The van der Waals surface area contributed by atoms with Gasteiger partial charge in [0.05, 0.1) is 6.61 Å². The molecular formula is C19H38N4O. The number of aliphatic imine (C=N–C) groups is 1. The molecule has 2 aliphatic heterocycles. The van der Waals surface area contributed by atoms with Crippen LogP contribution >= 0.6 is 0 Å². The van der Waals surface area contributed by atoms with Crippen LogP contribution in [0, 0.1) is 11.3 Å². The van der Waals surface area contributed by atoms with Crippen LogP contribution in [0.25, 0.3) is 0 Å². The second kappa shape index (κ2) is 9.62. The molecule has 2 rings (SSSR count). The maximum Gasteiger partial charge on any atom is 0.191 e. The summed E-state index contributed by atoms with van der Waals surface area (Å²) < 4.78 is 5.49. The van der Waals surface area contributed by atoms with E-state index in [2.05, 4.69) is 41.3 Å². The number of rotatable bonds is 6. The average Bonchev–Trinajstić information content (AvgIpc) is 3.04. The summed E-state index contributed by atoms with van der Waals surface area (Å²) in [6, 6.07) is 0.551. The minimum atomic E-state index is 0.413. The van der Waals surface area contributed by atoms with Crippen molar-refractivity contribution < 1.29 is 4.74 Å². The summed E-state index contributed by atoms with van der Waals surface area (Å²) in [7, 11) is 1.87. The smallest absolute Gasteiger partial charge is 0.191 e. The third-order valence-electron chi connectivity index (χ3n) is 5.09. The summed E-state index contributed by atoms with van der Waals surface area (Å²) in [5, 5.41) is 7.07. The second-order valence-electron chi connectivity index (χ2n) is 8.61. The lowest BCUT2D eigenvalue weighted by atomic mass is 9.91. The van der Waals surface area contributed by atoms with E-state index in [0.29, 0.717) is 11.5 Å². The third-order valence-corrected chi connectivity index (χ3v) is 5.09. The fourth-order valence-electron chi connectivity index (χ4n) is 3.57. The Hall–Kier alpha value is -0.810. The number of ether oxygens (including phenoxy) is 1. The van der Waals surface area contributed by atoms with Gasteiger partial charge in [0.25, 0.3) is 0 Å². The van der Waals surface area contributed by atoms with E-state index in [1.807, 2.05) is 7.05 Å². The minimum Gasteiger partial charge on any atom is -0.381 e. The molecule has 0 aromatic carbocycles. The second-order valence-corrected chi connectivity index (χ2v) is 8.61. The predicted molar refractivity (Wildman–Crippen MR) is 102 cm³/mol. The summed E-state index contributed by atoms with van der Waals surface area (Å²) in [5.74, 6) is 1.72. The van der Waals surface area contributed by atoms with Crippen LogP contribution in [0.4, 0.5) is 0 Å². The third kappa shape index (κ3) is 7.39. The van der Waals surface area contributed by atoms with Crippen molar-refractivity contribution in [3.63, 3.8) is 0 Å². The van der Waals surface area contributed by atoms with Gasteiger partial charge in [0.15, 0.2) is 5.96 Å². The Kier molecular flexibility index (Phi) is 7.82. The molecule has 0 aromatic rings. The van der Waals surface area contributed by atoms with Crippen LogP contribution in [0.1, 0.15) is 52.9 Å². The van der Waals surface area contributed by atoms with E-state index in [0.717, 1.165) is 31.6 Å². The molecule has 2 saturated heterocycles. The largest absolute Gasteiger partial charge is 0.381 e. The van der Waals surface area contributed by atoms with E-state index in [1.165, 1.54) is 51.7 Å². The Morgan fingerprint density at radius 2 is 1.96 bits per heavy atom. The van der Waals surface area contributed by atoms with Gasteiger partial charge in [0.2, 0.25) is 0 Å². The Balaban J connectivity index is 1.60. The van der Waals surface area contributed by atoms with Crippen LogP contribution in [-0.4, -0.2) is 63.3 Å². The molecule has 5 heteroatoms. The first-order valence-electron chi connectivity index (χ1n) is 9.73. The Morgan fingerprint density at radius 1 is 1.21 bits per heavy atom. The first-order chi connectivity index (χ1) is 11.5. The number of nitrogens with zero attached hydrogens (tertiary/aromatic N) is 2. The molecule has 2 N–H and O–H groups in total. The summed E-state index contributed by atoms with van der Waals surface area (Å²) >= 11 is 0. The van der Waals surface area contributed by atoms with Crippen molar-refractivity contribution in [2.45, 2.75) is 58.9 Å². The molecule has 0 aliphatic carbocycles. The zero-order chi connectivity index (χ0) is 17.4. The summed E-state index contributed by atoms with van der Waals surface area (Å²) in [4.78, 5) is 6.99. The highest BCUT2D eigenvalue weighted by Gasteiger charge is 2.24. The van der Waals surface area contributed by atoms with Gasteiger partial charge < -0.3 is 20.3 Å². The predicted octanol–water partition coefficient (Wildman–Crippen LogP) is 2.48. The maximum atomic E-state index is 5.49. The zero-order valence-electron chi connectivity index (χ0n) is 16.2. The molecule has 2 fully saturated rings. The van der Waals surface area contributed by atoms with Crippen LogP contribution in [0.5, 0.6) is 0 Å². The Morgan fingerprint density at radius 3 is 2.54 bits per heavy atom. The highest BCUT2D eigenvalue weighted by molar-refractivity contribution is 5.79. The first kappa shape index (κ1) is 19.5. The molecule has 2 aliphatic rings. The van der Waals surface area contributed by atoms with Crippen LogP contribution in [-0.2, 0) is 4.74 Å². The molecule has 2 heterocycles. The van der Waals surface area contributed by atoms with Crippen LogP contribution in [0.15, 0.2) is 4.99 Å². The molecule has 0 spiro atoms. The SMILES string of the molecule is CN=C(NCCCC(C)(C)C)NC1CCN(CC2CCOC2)CC1. The van der Waals surface area contributed by atoms with Gasteiger partial charge in [-0.05, 0) is 43.4 Å². The molecule has 0 radical (unpaired) electrons. The van der Waals surface area contributed by atoms with Gasteiger partial charge in [-0.25, -0.2) is 0 Å². The Labute approximate surface area is 148 Å². The van der Waals surface area contributed by atoms with E-state index in [4.69, 9.17) is 4.74 Å². The molecule has 0 amide bonds. The summed E-state index contributed by atoms with van der Waals surface area (Å²) in [6.45, 7) is 13.4. The molecular weight excluding hydrogens is 300 g/mol. The highest BCUT2D eigenvalue weighted by Crippen LogP contribution is 2.20. The molecule has 0 saturated carbocycles. The molecule has 1 unspecified atom stereocenters. The van der Waals surface area contributed by atoms with Crippen molar-refractivity contribution in [3.05, 3.63) is 0 Å². The van der Waals surface area contributed by atoms with Crippen LogP contribution in [0.2, 0.25) is 0 Å². The van der Waals surface area contributed by atoms with Crippen molar-refractivity contribution in [1.29, 1.82) is 0 Å². The van der Waals surface area contributed by atoms with Gasteiger partial charge in [-0.3, -0.25) is 4.99 Å². The lowest BCUT2D eigenvalue weighted by Gasteiger charge is -2.34. The van der Waals surface area contributed by atoms with Gasteiger partial charge in [0.1, 0.15) is 0 Å². The minimum absolute atomic E-state index is 0.413.